The van der Waals surface area contributed by atoms with Crippen molar-refractivity contribution < 1.29 is 22.5 Å². The number of benzene rings is 1. The Morgan fingerprint density at radius 1 is 1.26 bits per heavy atom. The maximum absolute atomic E-state index is 14.2. The van der Waals surface area contributed by atoms with E-state index in [9.17, 15) is 18.0 Å². The number of hydrogen-bond donors (Lipinski definition) is 2. The molecule has 1 unspecified atom stereocenters. The molecule has 0 radical (unpaired) electrons. The van der Waals surface area contributed by atoms with Gasteiger partial charge in [0.2, 0.25) is 5.91 Å². The van der Waals surface area contributed by atoms with Gasteiger partial charge in [-0.25, -0.2) is 23.1 Å². The molecule has 9 nitrogen and oxygen atoms in total. The minimum atomic E-state index is -3.06. The topological polar surface area (TPSA) is 125 Å². The molecule has 1 aliphatic rings. The number of amides is 1. The average Bonchev–Trinajstić information content (AvgIpc) is 3.23. The number of hydrogen-bond acceptors (Lipinski definition) is 7. The second kappa shape index (κ2) is 7.68. The number of aromatic nitrogens is 5. The molecule has 1 aliphatic carbocycles. The minimum Gasteiger partial charge on any atom is -0.382 e. The zero-order chi connectivity index (χ0) is 24.1. The quantitative estimate of drug-likeness (QED) is 0.441. The maximum atomic E-state index is 14.2. The second-order valence-electron chi connectivity index (χ2n) is 8.21. The number of nitrogens with two attached hydrogens (primary N) is 1. The standard InChI is InChI=1S/C22H18F3N7O2/c1-21(11-22(21,24)25)20(33)28-16-9-27-19(29-18(16)26)15-8-17(14-6-7-34-31-14)32(30-15)10-12-4-2-3-5-13(12)23/h2-9H,10-11H2,1H3,(H,28,33)(H2,26,27,29). The number of rotatable bonds is 6. The van der Waals surface area contributed by atoms with E-state index >= 15 is 0 Å². The second-order valence-corrected chi connectivity index (χ2v) is 8.21. The molecule has 3 N–H and O–H groups in total. The van der Waals surface area contributed by atoms with Gasteiger partial charge in [0.1, 0.15) is 34.6 Å². The summed E-state index contributed by atoms with van der Waals surface area (Å²) in [6.45, 7) is 1.28. The normalized spacial score (nSPS) is 18.6. The highest BCUT2D eigenvalue weighted by molar-refractivity contribution is 5.99. The Bertz CT molecular complexity index is 1390. The van der Waals surface area contributed by atoms with Crippen LogP contribution in [0.1, 0.15) is 18.9 Å². The number of nitrogens with zero attached hydrogens (tertiary/aromatic N) is 5. The molecule has 34 heavy (non-hydrogen) atoms. The molecule has 174 valence electrons. The van der Waals surface area contributed by atoms with Gasteiger partial charge in [-0.3, -0.25) is 9.48 Å². The molecule has 1 atom stereocenters. The first-order valence-corrected chi connectivity index (χ1v) is 10.2. The lowest BCUT2D eigenvalue weighted by Gasteiger charge is -2.12. The first kappa shape index (κ1) is 21.6. The Morgan fingerprint density at radius 3 is 2.68 bits per heavy atom. The van der Waals surface area contributed by atoms with Gasteiger partial charge in [0.25, 0.3) is 5.92 Å². The SMILES string of the molecule is CC1(C(=O)Nc2cnc(-c3cc(-c4ccon4)n(Cc4ccccc4F)n3)nc2N)CC1(F)F. The zero-order valence-corrected chi connectivity index (χ0v) is 17.8. The van der Waals surface area contributed by atoms with Crippen molar-refractivity contribution in [3.05, 3.63) is 60.2 Å². The van der Waals surface area contributed by atoms with Crippen molar-refractivity contribution in [1.29, 1.82) is 0 Å². The van der Waals surface area contributed by atoms with Crippen LogP contribution in [0.15, 0.2) is 53.4 Å². The van der Waals surface area contributed by atoms with E-state index in [0.717, 1.165) is 0 Å². The minimum absolute atomic E-state index is 0.0141. The molecule has 12 heteroatoms. The highest BCUT2D eigenvalue weighted by atomic mass is 19.3. The lowest BCUT2D eigenvalue weighted by Crippen LogP contribution is -2.27. The molecular formula is C22H18F3N7O2. The highest BCUT2D eigenvalue weighted by Gasteiger charge is 2.72. The maximum Gasteiger partial charge on any atom is 0.263 e. The van der Waals surface area contributed by atoms with Crippen LogP contribution in [0.5, 0.6) is 0 Å². The number of carbonyl (C=O) groups is 1. The molecule has 1 aromatic carbocycles. The van der Waals surface area contributed by atoms with Crippen molar-refractivity contribution >= 4 is 17.4 Å². The van der Waals surface area contributed by atoms with Crippen LogP contribution in [0, 0.1) is 11.2 Å². The molecular weight excluding hydrogens is 451 g/mol. The molecule has 3 aromatic heterocycles. The van der Waals surface area contributed by atoms with Crippen LogP contribution in [-0.2, 0) is 11.3 Å². The van der Waals surface area contributed by atoms with E-state index in [4.69, 9.17) is 10.3 Å². The molecule has 4 aromatic rings. The largest absolute Gasteiger partial charge is 0.382 e. The van der Waals surface area contributed by atoms with Crippen molar-refractivity contribution in [3.63, 3.8) is 0 Å². The molecule has 0 bridgehead atoms. The van der Waals surface area contributed by atoms with Crippen LogP contribution in [0.2, 0.25) is 0 Å². The number of alkyl halides is 2. The average molecular weight is 469 g/mol. The van der Waals surface area contributed by atoms with E-state index in [1.54, 1.807) is 30.3 Å². The number of anilines is 2. The third kappa shape index (κ3) is 3.66. The van der Waals surface area contributed by atoms with Gasteiger partial charge in [0.05, 0.1) is 18.4 Å². The van der Waals surface area contributed by atoms with Crippen LogP contribution >= 0.6 is 0 Å². The summed E-state index contributed by atoms with van der Waals surface area (Å²) in [5.41, 5.74) is 5.89. The van der Waals surface area contributed by atoms with E-state index in [2.05, 4.69) is 25.5 Å². The highest BCUT2D eigenvalue weighted by Crippen LogP contribution is 2.60. The van der Waals surface area contributed by atoms with Crippen molar-refractivity contribution in [1.82, 2.24) is 24.9 Å². The van der Waals surface area contributed by atoms with Gasteiger partial charge in [-0.2, -0.15) is 5.10 Å². The lowest BCUT2D eigenvalue weighted by atomic mass is 10.1. The fourth-order valence-electron chi connectivity index (χ4n) is 3.51. The summed E-state index contributed by atoms with van der Waals surface area (Å²) >= 11 is 0. The van der Waals surface area contributed by atoms with Crippen molar-refractivity contribution in [3.8, 4) is 22.9 Å². The third-order valence-corrected chi connectivity index (χ3v) is 5.81. The fourth-order valence-corrected chi connectivity index (χ4v) is 3.51. The third-order valence-electron chi connectivity index (χ3n) is 5.81. The molecule has 1 fully saturated rings. The van der Waals surface area contributed by atoms with E-state index < -0.39 is 23.7 Å². The van der Waals surface area contributed by atoms with Gasteiger partial charge in [0.15, 0.2) is 11.6 Å². The number of nitrogen functional groups attached to an aromatic ring is 1. The van der Waals surface area contributed by atoms with Gasteiger partial charge in [0, 0.05) is 18.1 Å². The first-order valence-electron chi connectivity index (χ1n) is 10.2. The summed E-state index contributed by atoms with van der Waals surface area (Å²) in [5, 5.41) is 10.8. The smallest absolute Gasteiger partial charge is 0.263 e. The van der Waals surface area contributed by atoms with Crippen molar-refractivity contribution in [2.75, 3.05) is 11.1 Å². The molecule has 0 saturated heterocycles. The van der Waals surface area contributed by atoms with Crippen LogP contribution in [0.25, 0.3) is 22.9 Å². The van der Waals surface area contributed by atoms with Gasteiger partial charge < -0.3 is 15.6 Å². The number of halogens is 3. The van der Waals surface area contributed by atoms with Crippen LogP contribution in [0.3, 0.4) is 0 Å². The summed E-state index contributed by atoms with van der Waals surface area (Å²) in [5.74, 6) is -4.30. The molecule has 1 amide bonds. The fraction of sp³-hybridized carbons (Fsp3) is 0.227. The van der Waals surface area contributed by atoms with Crippen LogP contribution in [-0.4, -0.2) is 36.7 Å². The van der Waals surface area contributed by atoms with E-state index in [1.165, 1.54) is 30.1 Å². The van der Waals surface area contributed by atoms with E-state index in [-0.39, 0.29) is 29.7 Å². The predicted molar refractivity (Wildman–Crippen MR) is 115 cm³/mol. The Labute approximate surface area is 190 Å². The molecule has 1 saturated carbocycles. The van der Waals surface area contributed by atoms with Gasteiger partial charge >= 0.3 is 0 Å². The summed E-state index contributed by atoms with van der Waals surface area (Å²) < 4.78 is 47.6. The number of carbonyl (C=O) groups excluding carboxylic acids is 1. The van der Waals surface area contributed by atoms with E-state index in [0.29, 0.717) is 22.6 Å². The Kier molecular flexibility index (Phi) is 4.88. The van der Waals surface area contributed by atoms with Crippen LogP contribution in [0.4, 0.5) is 24.7 Å². The zero-order valence-electron chi connectivity index (χ0n) is 17.8. The van der Waals surface area contributed by atoms with Crippen LogP contribution < -0.4 is 11.1 Å². The monoisotopic (exact) mass is 469 g/mol. The summed E-state index contributed by atoms with van der Waals surface area (Å²) in [6.07, 6.45) is 2.09. The van der Waals surface area contributed by atoms with Gasteiger partial charge in [-0.15, -0.1) is 0 Å². The van der Waals surface area contributed by atoms with Gasteiger partial charge in [-0.05, 0) is 19.1 Å². The Hall–Kier alpha value is -4.22. The summed E-state index contributed by atoms with van der Waals surface area (Å²) in [7, 11) is 0. The molecule has 0 spiro atoms. The summed E-state index contributed by atoms with van der Waals surface area (Å²) in [4.78, 5) is 20.6. The lowest BCUT2D eigenvalue weighted by molar-refractivity contribution is -0.123. The molecule has 3 heterocycles. The Morgan fingerprint density at radius 2 is 2.03 bits per heavy atom. The van der Waals surface area contributed by atoms with Gasteiger partial charge in [-0.1, -0.05) is 23.4 Å². The van der Waals surface area contributed by atoms with Crippen molar-refractivity contribution in [2.24, 2.45) is 5.41 Å². The number of nitrogens with one attached hydrogen (secondary N) is 1. The molecule has 5 rings (SSSR count). The van der Waals surface area contributed by atoms with Crippen molar-refractivity contribution in [2.45, 2.75) is 25.8 Å². The molecule has 0 aliphatic heterocycles. The predicted octanol–water partition coefficient (Wildman–Crippen LogP) is 3.75. The first-order chi connectivity index (χ1) is 16.2. The summed E-state index contributed by atoms with van der Waals surface area (Å²) in [6, 6.07) is 9.56. The van der Waals surface area contributed by atoms with E-state index in [1.807, 2.05) is 0 Å². The Balaban J connectivity index is 1.45.